The smallest absolute Gasteiger partial charge is 0.255 e. The Morgan fingerprint density at radius 3 is 2.39 bits per heavy atom. The SMILES string of the molecule is CN(C)c1cccc(C(=O)Nc2ccc(N(c3ccncn3)c3cccc4c3oc3ccccc34)cc2)c1. The molecular weight excluding hydrogens is 474 g/mol. The highest BCUT2D eigenvalue weighted by atomic mass is 16.3. The van der Waals surface area contributed by atoms with Crippen LogP contribution >= 0.6 is 0 Å². The van der Waals surface area contributed by atoms with Gasteiger partial charge in [-0.15, -0.1) is 0 Å². The van der Waals surface area contributed by atoms with E-state index in [4.69, 9.17) is 4.42 Å². The maximum Gasteiger partial charge on any atom is 0.255 e. The highest BCUT2D eigenvalue weighted by molar-refractivity contribution is 6.10. The fourth-order valence-corrected chi connectivity index (χ4v) is 4.54. The number of nitrogens with one attached hydrogen (secondary N) is 1. The molecule has 0 aliphatic rings. The van der Waals surface area contributed by atoms with E-state index in [-0.39, 0.29) is 5.91 Å². The molecule has 7 heteroatoms. The molecule has 0 fully saturated rings. The van der Waals surface area contributed by atoms with Crippen LogP contribution in [-0.4, -0.2) is 30.0 Å². The van der Waals surface area contributed by atoms with Crippen molar-refractivity contribution in [1.29, 1.82) is 0 Å². The van der Waals surface area contributed by atoms with Gasteiger partial charge in [-0.25, -0.2) is 9.97 Å². The highest BCUT2D eigenvalue weighted by Crippen LogP contribution is 2.41. The van der Waals surface area contributed by atoms with Gasteiger partial charge in [-0.05, 0) is 60.7 Å². The summed E-state index contributed by atoms with van der Waals surface area (Å²) in [7, 11) is 3.90. The van der Waals surface area contributed by atoms with Crippen molar-refractivity contribution < 1.29 is 9.21 Å². The summed E-state index contributed by atoms with van der Waals surface area (Å²) in [4.78, 5) is 25.5. The van der Waals surface area contributed by atoms with Gasteiger partial charge in [-0.2, -0.15) is 0 Å². The van der Waals surface area contributed by atoms with Crippen molar-refractivity contribution in [1.82, 2.24) is 9.97 Å². The minimum absolute atomic E-state index is 0.166. The maximum atomic E-state index is 12.9. The normalized spacial score (nSPS) is 11.0. The predicted octanol–water partition coefficient (Wildman–Crippen LogP) is 7.16. The molecule has 0 spiro atoms. The van der Waals surface area contributed by atoms with Gasteiger partial charge in [0.05, 0.1) is 5.69 Å². The molecule has 38 heavy (non-hydrogen) atoms. The number of benzene rings is 4. The largest absolute Gasteiger partial charge is 0.454 e. The van der Waals surface area contributed by atoms with Gasteiger partial charge in [0.1, 0.15) is 17.7 Å². The lowest BCUT2D eigenvalue weighted by Crippen LogP contribution is -2.15. The Kier molecular flexibility index (Phi) is 5.94. The number of para-hydroxylation sites is 2. The molecule has 1 amide bonds. The van der Waals surface area contributed by atoms with Crippen LogP contribution in [0.15, 0.2) is 114 Å². The minimum atomic E-state index is -0.166. The van der Waals surface area contributed by atoms with E-state index in [0.29, 0.717) is 17.1 Å². The number of nitrogens with zero attached hydrogens (tertiary/aromatic N) is 4. The van der Waals surface area contributed by atoms with Crippen LogP contribution in [-0.2, 0) is 0 Å². The van der Waals surface area contributed by atoms with Gasteiger partial charge >= 0.3 is 0 Å². The van der Waals surface area contributed by atoms with E-state index in [1.165, 1.54) is 6.33 Å². The van der Waals surface area contributed by atoms with Crippen LogP contribution in [0.1, 0.15) is 10.4 Å². The minimum Gasteiger partial charge on any atom is -0.454 e. The first kappa shape index (κ1) is 23.2. The van der Waals surface area contributed by atoms with Crippen molar-refractivity contribution in [2.75, 3.05) is 29.2 Å². The van der Waals surface area contributed by atoms with Crippen LogP contribution in [0.4, 0.5) is 28.6 Å². The van der Waals surface area contributed by atoms with E-state index < -0.39 is 0 Å². The highest BCUT2D eigenvalue weighted by Gasteiger charge is 2.20. The number of hydrogen-bond acceptors (Lipinski definition) is 6. The lowest BCUT2D eigenvalue weighted by molar-refractivity contribution is 0.102. The lowest BCUT2D eigenvalue weighted by atomic mass is 10.1. The molecule has 186 valence electrons. The van der Waals surface area contributed by atoms with Gasteiger partial charge in [0.25, 0.3) is 5.91 Å². The second-order valence-electron chi connectivity index (χ2n) is 9.10. The standard InChI is InChI=1S/C31H25N5O2/c1-35(2)24-8-5-7-21(19-24)31(37)34-22-13-15-23(16-14-22)36(29-17-18-32-20-33-29)27-11-6-10-26-25-9-3-4-12-28(25)38-30(26)27/h3-20H,1-2H3,(H,34,37). The van der Waals surface area contributed by atoms with Crippen molar-refractivity contribution in [3.8, 4) is 0 Å². The second kappa shape index (κ2) is 9.71. The molecule has 0 saturated carbocycles. The number of rotatable bonds is 6. The summed E-state index contributed by atoms with van der Waals surface area (Å²) in [5.41, 5.74) is 5.57. The zero-order valence-electron chi connectivity index (χ0n) is 21.0. The first-order valence-corrected chi connectivity index (χ1v) is 12.2. The topological polar surface area (TPSA) is 74.5 Å². The molecule has 1 N–H and O–H groups in total. The number of fused-ring (bicyclic) bond motifs is 3. The Morgan fingerprint density at radius 2 is 1.61 bits per heavy atom. The molecule has 0 radical (unpaired) electrons. The monoisotopic (exact) mass is 499 g/mol. The third-order valence-electron chi connectivity index (χ3n) is 6.43. The quantitative estimate of drug-likeness (QED) is 0.262. The van der Waals surface area contributed by atoms with Crippen LogP contribution in [0, 0.1) is 0 Å². The third kappa shape index (κ3) is 4.30. The van der Waals surface area contributed by atoms with E-state index in [9.17, 15) is 4.79 Å². The fraction of sp³-hybridized carbons (Fsp3) is 0.0645. The molecule has 7 nitrogen and oxygen atoms in total. The molecule has 0 bridgehead atoms. The molecule has 0 aliphatic heterocycles. The van der Waals surface area contributed by atoms with Gasteiger partial charge in [0.15, 0.2) is 5.58 Å². The molecule has 6 rings (SSSR count). The van der Waals surface area contributed by atoms with Crippen LogP contribution in [0.25, 0.3) is 21.9 Å². The van der Waals surface area contributed by atoms with Crippen molar-refractivity contribution >= 4 is 56.4 Å². The molecule has 0 unspecified atom stereocenters. The second-order valence-corrected chi connectivity index (χ2v) is 9.10. The van der Waals surface area contributed by atoms with Crippen LogP contribution in [0.2, 0.25) is 0 Å². The van der Waals surface area contributed by atoms with Crippen molar-refractivity contribution in [3.63, 3.8) is 0 Å². The molecule has 0 atom stereocenters. The Labute approximate surface area is 220 Å². The average Bonchev–Trinajstić information content (AvgIpc) is 3.34. The van der Waals surface area contributed by atoms with E-state index in [2.05, 4.69) is 27.4 Å². The lowest BCUT2D eigenvalue weighted by Gasteiger charge is -2.24. The Balaban J connectivity index is 1.37. The molecule has 2 heterocycles. The molecule has 4 aromatic carbocycles. The Hall–Kier alpha value is -5.17. The van der Waals surface area contributed by atoms with Crippen molar-refractivity contribution in [2.24, 2.45) is 0 Å². The summed E-state index contributed by atoms with van der Waals surface area (Å²) in [6.07, 6.45) is 3.24. The molecule has 0 aliphatic carbocycles. The number of aromatic nitrogens is 2. The number of carbonyl (C=O) groups excluding carboxylic acids is 1. The Morgan fingerprint density at radius 1 is 0.816 bits per heavy atom. The first-order chi connectivity index (χ1) is 18.6. The van der Waals surface area contributed by atoms with Crippen molar-refractivity contribution in [2.45, 2.75) is 0 Å². The predicted molar refractivity (Wildman–Crippen MR) is 153 cm³/mol. The zero-order chi connectivity index (χ0) is 26.1. The van der Waals surface area contributed by atoms with Gasteiger partial charge in [0, 0.05) is 53.7 Å². The van der Waals surface area contributed by atoms with Crippen LogP contribution in [0.3, 0.4) is 0 Å². The maximum absolute atomic E-state index is 12.9. The number of anilines is 5. The number of furan rings is 1. The molecule has 0 saturated heterocycles. The number of amides is 1. The van der Waals surface area contributed by atoms with Gasteiger partial charge in [-0.3, -0.25) is 9.69 Å². The number of hydrogen-bond donors (Lipinski definition) is 1. The van der Waals surface area contributed by atoms with E-state index in [0.717, 1.165) is 39.0 Å². The van der Waals surface area contributed by atoms with E-state index in [1.807, 2.05) is 109 Å². The van der Waals surface area contributed by atoms with Crippen LogP contribution in [0.5, 0.6) is 0 Å². The summed E-state index contributed by atoms with van der Waals surface area (Å²) in [6.45, 7) is 0. The van der Waals surface area contributed by atoms with Crippen molar-refractivity contribution in [3.05, 3.63) is 115 Å². The zero-order valence-corrected chi connectivity index (χ0v) is 21.0. The van der Waals surface area contributed by atoms with Gasteiger partial charge in [-0.1, -0.05) is 36.4 Å². The summed E-state index contributed by atoms with van der Waals surface area (Å²) in [5.74, 6) is 0.534. The first-order valence-electron chi connectivity index (χ1n) is 12.2. The van der Waals surface area contributed by atoms with Crippen LogP contribution < -0.4 is 15.1 Å². The van der Waals surface area contributed by atoms with E-state index >= 15 is 0 Å². The number of carbonyl (C=O) groups is 1. The van der Waals surface area contributed by atoms with Gasteiger partial charge < -0.3 is 14.6 Å². The average molecular weight is 500 g/mol. The third-order valence-corrected chi connectivity index (χ3v) is 6.43. The molecule has 2 aromatic heterocycles. The Bertz CT molecular complexity index is 1740. The van der Waals surface area contributed by atoms with Gasteiger partial charge in [0.2, 0.25) is 0 Å². The summed E-state index contributed by atoms with van der Waals surface area (Å²) < 4.78 is 6.31. The summed E-state index contributed by atoms with van der Waals surface area (Å²) >= 11 is 0. The summed E-state index contributed by atoms with van der Waals surface area (Å²) in [5, 5.41) is 5.08. The molecular formula is C31H25N5O2. The summed E-state index contributed by atoms with van der Waals surface area (Å²) in [6, 6.07) is 31.2. The molecule has 6 aromatic rings. The van der Waals surface area contributed by atoms with E-state index in [1.54, 1.807) is 6.20 Å². The fourth-order valence-electron chi connectivity index (χ4n) is 4.54.